The van der Waals surface area contributed by atoms with E-state index in [2.05, 4.69) is 88.0 Å². The summed E-state index contributed by atoms with van der Waals surface area (Å²) in [5, 5.41) is 15.6. The molecule has 0 aliphatic heterocycles. The van der Waals surface area contributed by atoms with Gasteiger partial charge in [-0.25, -0.2) is 0 Å². The molecule has 8 aromatic rings. The van der Waals surface area contributed by atoms with Crippen LogP contribution < -0.4 is 0 Å². The Bertz CT molecular complexity index is 2120. The summed E-state index contributed by atoms with van der Waals surface area (Å²) in [6.45, 7) is 0. The predicted octanol–water partition coefficient (Wildman–Crippen LogP) is 9.48. The van der Waals surface area contributed by atoms with Crippen LogP contribution in [0, 0.1) is 10.1 Å². The normalized spacial score (nSPS) is 11.1. The first-order valence-corrected chi connectivity index (χ1v) is 13.5. The fraction of sp³-hybridized carbons (Fsp3) is 0. The predicted molar refractivity (Wildman–Crippen MR) is 168 cm³/mol. The highest BCUT2D eigenvalue weighted by Gasteiger charge is 2.15. The zero-order valence-corrected chi connectivity index (χ0v) is 22.1. The van der Waals surface area contributed by atoms with E-state index in [4.69, 9.17) is 0 Å². The Morgan fingerprint density at radius 3 is 1.22 bits per heavy atom. The van der Waals surface area contributed by atoms with Gasteiger partial charge in [-0.15, -0.1) is 0 Å². The van der Waals surface area contributed by atoms with E-state index in [1.54, 1.807) is 12.1 Å². The lowest BCUT2D eigenvalue weighted by atomic mass is 10.1. The summed E-state index contributed by atoms with van der Waals surface area (Å²) < 4.78 is 4.46. The summed E-state index contributed by atoms with van der Waals surface area (Å²) in [4.78, 5) is 10.7. The van der Waals surface area contributed by atoms with Crippen LogP contribution in [-0.2, 0) is 0 Å². The number of para-hydroxylation sites is 5. The van der Waals surface area contributed by atoms with Gasteiger partial charge in [0.1, 0.15) is 0 Å². The van der Waals surface area contributed by atoms with Crippen molar-refractivity contribution in [3.63, 3.8) is 0 Å². The Kier molecular flexibility index (Phi) is 6.02. The minimum Gasteiger partial charge on any atom is -0.309 e. The van der Waals surface area contributed by atoms with Crippen molar-refractivity contribution in [2.45, 2.75) is 0 Å². The van der Waals surface area contributed by atoms with Crippen molar-refractivity contribution in [1.82, 2.24) is 9.13 Å². The number of nitrogens with zero attached hydrogens (tertiary/aromatic N) is 3. The first-order chi connectivity index (χ1) is 20.2. The fourth-order valence-electron chi connectivity index (χ4n) is 5.71. The lowest BCUT2D eigenvalue weighted by molar-refractivity contribution is -0.384. The third-order valence-corrected chi connectivity index (χ3v) is 7.48. The third-order valence-electron chi connectivity index (χ3n) is 7.48. The molecule has 0 N–H and O–H groups in total. The second kappa shape index (κ2) is 10.1. The van der Waals surface area contributed by atoms with Crippen LogP contribution in [-0.4, -0.2) is 14.1 Å². The summed E-state index contributed by atoms with van der Waals surface area (Å²) in [6, 6.07) is 50.7. The number of hydrogen-bond acceptors (Lipinski definition) is 2. The van der Waals surface area contributed by atoms with Crippen molar-refractivity contribution in [3.05, 3.63) is 162 Å². The van der Waals surface area contributed by atoms with Gasteiger partial charge in [0.2, 0.25) is 0 Å². The summed E-state index contributed by atoms with van der Waals surface area (Å²) >= 11 is 0. The maximum absolute atomic E-state index is 11.1. The maximum atomic E-state index is 11.1. The van der Waals surface area contributed by atoms with Crippen LogP contribution in [0.1, 0.15) is 0 Å². The summed E-state index contributed by atoms with van der Waals surface area (Å²) in [5.41, 5.74) is 6.90. The molecule has 0 atom stereocenters. The Balaban J connectivity index is 0.000000136. The summed E-state index contributed by atoms with van der Waals surface area (Å²) in [5.74, 6) is 0. The molecular formula is C36H25N3O2. The minimum atomic E-state index is -0.353. The van der Waals surface area contributed by atoms with Crippen molar-refractivity contribution >= 4 is 49.3 Å². The van der Waals surface area contributed by atoms with Crippen LogP contribution in [0.2, 0.25) is 0 Å². The SMILES string of the molecule is O=[N+]([O-])c1ccc2c(c1)c1ccccc1n2-c1ccccc1.c1ccc(-n2c3ccccc3c3ccccc32)cc1. The molecule has 0 aliphatic rings. The van der Waals surface area contributed by atoms with Crippen molar-refractivity contribution in [3.8, 4) is 11.4 Å². The third kappa shape index (κ3) is 4.21. The highest BCUT2D eigenvalue weighted by molar-refractivity contribution is 6.10. The van der Waals surface area contributed by atoms with Gasteiger partial charge in [0.25, 0.3) is 5.69 Å². The van der Waals surface area contributed by atoms with E-state index in [0.29, 0.717) is 0 Å². The average molecular weight is 532 g/mol. The summed E-state index contributed by atoms with van der Waals surface area (Å²) in [6.07, 6.45) is 0. The molecular weight excluding hydrogens is 506 g/mol. The minimum absolute atomic E-state index is 0.114. The Morgan fingerprint density at radius 2 is 0.780 bits per heavy atom. The molecule has 0 fully saturated rings. The lowest BCUT2D eigenvalue weighted by Crippen LogP contribution is -1.93. The van der Waals surface area contributed by atoms with Gasteiger partial charge in [0.05, 0.1) is 27.0 Å². The smallest absolute Gasteiger partial charge is 0.270 e. The lowest BCUT2D eigenvalue weighted by Gasteiger charge is -2.06. The van der Waals surface area contributed by atoms with E-state index in [0.717, 1.165) is 27.5 Å². The quantitative estimate of drug-likeness (QED) is 0.168. The van der Waals surface area contributed by atoms with E-state index in [-0.39, 0.29) is 10.6 Å². The molecule has 0 amide bonds. The number of fused-ring (bicyclic) bond motifs is 6. The van der Waals surface area contributed by atoms with Crippen molar-refractivity contribution in [1.29, 1.82) is 0 Å². The highest BCUT2D eigenvalue weighted by Crippen LogP contribution is 2.34. The zero-order valence-electron chi connectivity index (χ0n) is 22.1. The molecule has 0 saturated carbocycles. The number of non-ortho nitro benzene ring substituents is 1. The van der Waals surface area contributed by atoms with Gasteiger partial charge in [0.15, 0.2) is 0 Å². The fourth-order valence-corrected chi connectivity index (χ4v) is 5.71. The van der Waals surface area contributed by atoms with Crippen LogP contribution in [0.15, 0.2) is 152 Å². The number of nitro benzene ring substituents is 1. The van der Waals surface area contributed by atoms with Crippen molar-refractivity contribution < 1.29 is 4.92 Å². The standard InChI is InChI=1S/C18H12N2O2.C18H13N/c21-20(22)14-10-11-18-16(12-14)15-8-4-5-9-17(15)19(18)13-6-2-1-3-7-13;1-2-8-14(9-3-1)19-17-12-6-4-10-15(17)16-11-5-7-13-18(16)19/h1-12H;1-13H. The van der Waals surface area contributed by atoms with E-state index in [1.165, 1.54) is 27.5 Å². The molecule has 41 heavy (non-hydrogen) atoms. The molecule has 0 spiro atoms. The molecule has 0 unspecified atom stereocenters. The van der Waals surface area contributed by atoms with Crippen LogP contribution >= 0.6 is 0 Å². The largest absolute Gasteiger partial charge is 0.309 e. The Labute approximate surface area is 236 Å². The van der Waals surface area contributed by atoms with Gasteiger partial charge in [-0.05, 0) is 48.5 Å². The average Bonchev–Trinajstić information content (AvgIpc) is 3.55. The number of aromatic nitrogens is 2. The molecule has 0 radical (unpaired) electrons. The summed E-state index contributed by atoms with van der Waals surface area (Å²) in [7, 11) is 0. The maximum Gasteiger partial charge on any atom is 0.270 e. The van der Waals surface area contributed by atoms with Gasteiger partial charge in [-0.2, -0.15) is 0 Å². The van der Waals surface area contributed by atoms with Crippen molar-refractivity contribution in [2.75, 3.05) is 0 Å². The van der Waals surface area contributed by atoms with Crippen LogP contribution in [0.5, 0.6) is 0 Å². The monoisotopic (exact) mass is 531 g/mol. The second-order valence-corrected chi connectivity index (χ2v) is 9.85. The van der Waals surface area contributed by atoms with Gasteiger partial charge < -0.3 is 9.13 Å². The van der Waals surface area contributed by atoms with E-state index in [9.17, 15) is 10.1 Å². The molecule has 2 heterocycles. The number of benzene rings is 6. The van der Waals surface area contributed by atoms with Gasteiger partial charge >= 0.3 is 0 Å². The zero-order chi connectivity index (χ0) is 27.8. The number of hydrogen-bond donors (Lipinski definition) is 0. The van der Waals surface area contributed by atoms with Gasteiger partial charge in [-0.1, -0.05) is 91.0 Å². The molecule has 0 bridgehead atoms. The van der Waals surface area contributed by atoms with E-state index < -0.39 is 0 Å². The second-order valence-electron chi connectivity index (χ2n) is 9.85. The Hall–Kier alpha value is -5.68. The van der Waals surface area contributed by atoms with Gasteiger partial charge in [-0.3, -0.25) is 10.1 Å². The van der Waals surface area contributed by atoms with Crippen LogP contribution in [0.25, 0.3) is 55.0 Å². The number of nitro groups is 1. The molecule has 5 heteroatoms. The van der Waals surface area contributed by atoms with Crippen LogP contribution in [0.3, 0.4) is 0 Å². The van der Waals surface area contributed by atoms with Crippen molar-refractivity contribution in [2.24, 2.45) is 0 Å². The van der Waals surface area contributed by atoms with E-state index in [1.807, 2.05) is 60.7 Å². The molecule has 5 nitrogen and oxygen atoms in total. The first-order valence-electron chi connectivity index (χ1n) is 13.5. The first kappa shape index (κ1) is 24.4. The highest BCUT2D eigenvalue weighted by atomic mass is 16.6. The Morgan fingerprint density at radius 1 is 0.415 bits per heavy atom. The van der Waals surface area contributed by atoms with E-state index >= 15 is 0 Å². The topological polar surface area (TPSA) is 53.0 Å². The molecule has 2 aromatic heterocycles. The van der Waals surface area contributed by atoms with Gasteiger partial charge in [0, 0.05) is 45.1 Å². The molecule has 0 saturated heterocycles. The molecule has 6 aromatic carbocycles. The molecule has 8 rings (SSSR count). The molecule has 0 aliphatic carbocycles. The van der Waals surface area contributed by atoms with Crippen LogP contribution in [0.4, 0.5) is 5.69 Å². The number of rotatable bonds is 3. The molecule has 196 valence electrons.